The minimum Gasteiger partial charge on any atom is -0.373 e. The van der Waals surface area contributed by atoms with E-state index >= 15 is 0 Å². The Morgan fingerprint density at radius 3 is 1.08 bits per heavy atom. The molecule has 7 nitrogen and oxygen atoms in total. The van der Waals surface area contributed by atoms with Gasteiger partial charge in [-0.3, -0.25) is 4.90 Å². The van der Waals surface area contributed by atoms with Gasteiger partial charge in [0.15, 0.2) is 0 Å². The zero-order valence-corrected chi connectivity index (χ0v) is 19.5. The van der Waals surface area contributed by atoms with E-state index in [4.69, 9.17) is 26.6 Å². The van der Waals surface area contributed by atoms with E-state index in [9.17, 15) is 0 Å². The SMILES string of the molecule is C=CCN(C[Si](OCC)(OCC)OCC)C[Si](OCC)(OCC)OCC. The molecule has 9 heteroatoms. The molecule has 0 N–H and O–H groups in total. The molecule has 0 aliphatic rings. The number of rotatable bonds is 18. The van der Waals surface area contributed by atoms with Crippen molar-refractivity contribution in [2.45, 2.75) is 41.5 Å². The zero-order valence-electron chi connectivity index (χ0n) is 17.5. The van der Waals surface area contributed by atoms with Gasteiger partial charge in [0.2, 0.25) is 0 Å². The van der Waals surface area contributed by atoms with Crippen molar-refractivity contribution in [1.82, 2.24) is 4.90 Å². The lowest BCUT2D eigenvalue weighted by atomic mass is 10.6. The molecular weight excluding hydrogens is 370 g/mol. The lowest BCUT2D eigenvalue weighted by Crippen LogP contribution is -2.61. The largest absolute Gasteiger partial charge is 0.515 e. The van der Waals surface area contributed by atoms with Crippen LogP contribution in [0, 0.1) is 0 Å². The molecule has 0 rings (SSSR count). The van der Waals surface area contributed by atoms with Gasteiger partial charge in [0, 0.05) is 46.2 Å². The quantitative estimate of drug-likeness (QED) is 0.255. The number of hydrogen-bond donors (Lipinski definition) is 0. The fourth-order valence-electron chi connectivity index (χ4n) is 2.76. The van der Waals surface area contributed by atoms with Crippen LogP contribution >= 0.6 is 0 Å². The van der Waals surface area contributed by atoms with Crippen molar-refractivity contribution in [3.8, 4) is 0 Å². The lowest BCUT2D eigenvalue weighted by molar-refractivity contribution is 0.0440. The second kappa shape index (κ2) is 14.9. The van der Waals surface area contributed by atoms with Crippen LogP contribution < -0.4 is 0 Å². The predicted molar refractivity (Wildman–Crippen MR) is 108 cm³/mol. The van der Waals surface area contributed by atoms with Crippen molar-refractivity contribution in [1.29, 1.82) is 0 Å². The topological polar surface area (TPSA) is 58.6 Å². The van der Waals surface area contributed by atoms with Crippen LogP contribution in [0.1, 0.15) is 41.5 Å². The van der Waals surface area contributed by atoms with E-state index in [2.05, 4.69) is 11.5 Å². The van der Waals surface area contributed by atoms with E-state index in [0.717, 1.165) is 0 Å². The molecule has 0 bridgehead atoms. The maximum Gasteiger partial charge on any atom is 0.515 e. The summed E-state index contributed by atoms with van der Waals surface area (Å²) >= 11 is 0. The molecule has 0 aromatic rings. The highest BCUT2D eigenvalue weighted by atomic mass is 28.4. The molecule has 0 atom stereocenters. The summed E-state index contributed by atoms with van der Waals surface area (Å²) < 4.78 is 36.0. The second-order valence-electron chi connectivity index (χ2n) is 5.42. The van der Waals surface area contributed by atoms with E-state index < -0.39 is 17.6 Å². The third-order valence-corrected chi connectivity index (χ3v) is 9.45. The summed E-state index contributed by atoms with van der Waals surface area (Å²) in [6, 6.07) is 0. The van der Waals surface area contributed by atoms with Gasteiger partial charge in [0.05, 0.1) is 12.3 Å². The van der Waals surface area contributed by atoms with Gasteiger partial charge >= 0.3 is 17.6 Å². The Bertz CT molecular complexity index is 300. The van der Waals surface area contributed by atoms with Gasteiger partial charge in [-0.15, -0.1) is 6.58 Å². The molecule has 0 radical (unpaired) electrons. The van der Waals surface area contributed by atoms with E-state index in [1.165, 1.54) is 0 Å². The fraction of sp³-hybridized carbons (Fsp3) is 0.882. The lowest BCUT2D eigenvalue weighted by Gasteiger charge is -2.37. The number of nitrogens with zero attached hydrogens (tertiary/aromatic N) is 1. The van der Waals surface area contributed by atoms with Gasteiger partial charge in [0.25, 0.3) is 0 Å². The molecular formula is C17H39NO6Si2. The Morgan fingerprint density at radius 1 is 0.615 bits per heavy atom. The summed E-state index contributed by atoms with van der Waals surface area (Å²) in [5, 5.41) is 0. The third-order valence-electron chi connectivity index (χ3n) is 3.41. The molecule has 0 unspecified atom stereocenters. The summed E-state index contributed by atoms with van der Waals surface area (Å²) in [7, 11) is -5.66. The van der Waals surface area contributed by atoms with Crippen molar-refractivity contribution in [2.75, 3.05) is 58.5 Å². The van der Waals surface area contributed by atoms with Gasteiger partial charge < -0.3 is 26.6 Å². The van der Waals surface area contributed by atoms with Crippen molar-refractivity contribution >= 4 is 17.6 Å². The Hall–Kier alpha value is -0.106. The Balaban J connectivity index is 5.50. The van der Waals surface area contributed by atoms with E-state index in [1.54, 1.807) is 0 Å². The molecule has 0 aromatic carbocycles. The molecule has 0 aliphatic carbocycles. The molecule has 0 saturated carbocycles. The van der Waals surface area contributed by atoms with Crippen molar-refractivity contribution in [2.24, 2.45) is 0 Å². The summed E-state index contributed by atoms with van der Waals surface area (Å²) in [6.07, 6.45) is 2.93. The molecule has 156 valence electrons. The first kappa shape index (κ1) is 25.9. The first-order valence-electron chi connectivity index (χ1n) is 9.67. The van der Waals surface area contributed by atoms with Gasteiger partial charge in [0.1, 0.15) is 0 Å². The van der Waals surface area contributed by atoms with Crippen molar-refractivity contribution in [3.05, 3.63) is 12.7 Å². The van der Waals surface area contributed by atoms with Gasteiger partial charge in [-0.25, -0.2) is 0 Å². The highest BCUT2D eigenvalue weighted by Gasteiger charge is 2.47. The van der Waals surface area contributed by atoms with E-state index in [0.29, 0.717) is 58.5 Å². The monoisotopic (exact) mass is 409 g/mol. The van der Waals surface area contributed by atoms with Crippen LogP contribution in [-0.4, -0.2) is 81.0 Å². The molecule has 26 heavy (non-hydrogen) atoms. The predicted octanol–water partition coefficient (Wildman–Crippen LogP) is 2.65. The second-order valence-corrected chi connectivity index (χ2v) is 10.5. The van der Waals surface area contributed by atoms with Crippen LogP contribution in [-0.2, 0) is 26.6 Å². The van der Waals surface area contributed by atoms with Gasteiger partial charge in [-0.2, -0.15) is 0 Å². The highest BCUT2D eigenvalue weighted by molar-refractivity contribution is 6.62. The Kier molecular flexibility index (Phi) is 14.8. The summed E-state index contributed by atoms with van der Waals surface area (Å²) in [6.45, 7) is 19.5. The van der Waals surface area contributed by atoms with Crippen LogP contribution in [0.5, 0.6) is 0 Å². The Morgan fingerprint density at radius 2 is 0.885 bits per heavy atom. The minimum atomic E-state index is -2.83. The van der Waals surface area contributed by atoms with Gasteiger partial charge in [-0.1, -0.05) is 6.08 Å². The van der Waals surface area contributed by atoms with Crippen LogP contribution in [0.15, 0.2) is 12.7 Å². The van der Waals surface area contributed by atoms with Crippen molar-refractivity contribution in [3.63, 3.8) is 0 Å². The average Bonchev–Trinajstić information content (AvgIpc) is 2.56. The van der Waals surface area contributed by atoms with Gasteiger partial charge in [-0.05, 0) is 41.5 Å². The molecule has 0 saturated heterocycles. The fourth-order valence-corrected chi connectivity index (χ4v) is 8.25. The van der Waals surface area contributed by atoms with Crippen LogP contribution in [0.25, 0.3) is 0 Å². The molecule has 0 aromatic heterocycles. The first-order valence-corrected chi connectivity index (χ1v) is 13.5. The third kappa shape index (κ3) is 9.20. The highest BCUT2D eigenvalue weighted by Crippen LogP contribution is 2.17. The summed E-state index contributed by atoms with van der Waals surface area (Å²) in [5.41, 5.74) is 0. The minimum absolute atomic E-state index is 0.538. The van der Waals surface area contributed by atoms with Crippen LogP contribution in [0.2, 0.25) is 0 Å². The van der Waals surface area contributed by atoms with Crippen LogP contribution in [0.4, 0.5) is 0 Å². The maximum absolute atomic E-state index is 5.99. The zero-order chi connectivity index (χ0) is 19.9. The average molecular weight is 410 g/mol. The maximum atomic E-state index is 5.99. The molecule has 0 amide bonds. The summed E-state index contributed by atoms with van der Waals surface area (Å²) in [4.78, 5) is 2.16. The Labute approximate surface area is 162 Å². The standard InChI is InChI=1S/C17H39NO6Si2/c1-8-15-18(16-25(19-9-2,20-10-3)21-11-4)17-26(22-12-5,23-13-6)24-14-7/h8H,1,9-17H2,2-7H3. The van der Waals surface area contributed by atoms with Crippen LogP contribution in [0.3, 0.4) is 0 Å². The molecule has 0 heterocycles. The van der Waals surface area contributed by atoms with E-state index in [1.807, 2.05) is 47.6 Å². The molecule has 0 fully saturated rings. The molecule has 0 aliphatic heterocycles. The smallest absolute Gasteiger partial charge is 0.373 e. The van der Waals surface area contributed by atoms with E-state index in [-0.39, 0.29) is 0 Å². The summed E-state index contributed by atoms with van der Waals surface area (Å²) in [5.74, 6) is 0. The first-order chi connectivity index (χ1) is 12.5. The molecule has 0 spiro atoms. The number of hydrogen-bond acceptors (Lipinski definition) is 7. The van der Waals surface area contributed by atoms with Crippen molar-refractivity contribution < 1.29 is 26.6 Å². The normalized spacial score (nSPS) is 12.7.